The standard InChI is InChI=1S/C10H15ClN4O/c1-3-15(4-2)10-8(11)7(5-6-13-10)9(12)14-16/h5-6,16H,3-4H2,1-2H3,(H2,12,14). The lowest BCUT2D eigenvalue weighted by Crippen LogP contribution is -2.24. The van der Waals surface area contributed by atoms with E-state index in [0.717, 1.165) is 13.1 Å². The molecule has 0 fully saturated rings. The van der Waals surface area contributed by atoms with Gasteiger partial charge in [-0.15, -0.1) is 0 Å². The van der Waals surface area contributed by atoms with E-state index in [1.807, 2.05) is 18.7 Å². The summed E-state index contributed by atoms with van der Waals surface area (Å²) in [5.74, 6) is 0.636. The van der Waals surface area contributed by atoms with Gasteiger partial charge in [-0.25, -0.2) is 4.98 Å². The zero-order valence-electron chi connectivity index (χ0n) is 9.31. The number of anilines is 1. The fraction of sp³-hybridized carbons (Fsp3) is 0.400. The minimum absolute atomic E-state index is 0.0131. The van der Waals surface area contributed by atoms with Crippen molar-refractivity contribution >= 4 is 23.3 Å². The largest absolute Gasteiger partial charge is 0.409 e. The number of rotatable bonds is 4. The van der Waals surface area contributed by atoms with E-state index < -0.39 is 0 Å². The van der Waals surface area contributed by atoms with Crippen LogP contribution < -0.4 is 10.6 Å². The highest BCUT2D eigenvalue weighted by molar-refractivity contribution is 6.36. The first-order valence-corrected chi connectivity index (χ1v) is 5.40. The second-order valence-electron chi connectivity index (χ2n) is 3.15. The summed E-state index contributed by atoms with van der Waals surface area (Å²) in [6.45, 7) is 5.61. The van der Waals surface area contributed by atoms with E-state index in [0.29, 0.717) is 16.4 Å². The van der Waals surface area contributed by atoms with E-state index in [-0.39, 0.29) is 5.84 Å². The molecule has 0 aromatic carbocycles. The highest BCUT2D eigenvalue weighted by atomic mass is 35.5. The van der Waals surface area contributed by atoms with Crippen molar-refractivity contribution in [3.05, 3.63) is 22.8 Å². The maximum atomic E-state index is 8.63. The van der Waals surface area contributed by atoms with Crippen molar-refractivity contribution in [3.63, 3.8) is 0 Å². The van der Waals surface area contributed by atoms with Crippen molar-refractivity contribution in [1.82, 2.24) is 4.98 Å². The second-order valence-corrected chi connectivity index (χ2v) is 3.53. The Bertz CT molecular complexity index is 390. The molecule has 1 heterocycles. The van der Waals surface area contributed by atoms with Crippen molar-refractivity contribution in [2.45, 2.75) is 13.8 Å². The van der Waals surface area contributed by atoms with Crippen LogP contribution in [0.2, 0.25) is 5.02 Å². The Kier molecular flexibility index (Phi) is 4.37. The van der Waals surface area contributed by atoms with E-state index in [9.17, 15) is 0 Å². The maximum absolute atomic E-state index is 8.63. The lowest BCUT2D eigenvalue weighted by atomic mass is 10.2. The van der Waals surface area contributed by atoms with Crippen molar-refractivity contribution < 1.29 is 5.21 Å². The van der Waals surface area contributed by atoms with E-state index in [1.165, 1.54) is 0 Å². The van der Waals surface area contributed by atoms with Gasteiger partial charge in [0.15, 0.2) is 5.84 Å². The van der Waals surface area contributed by atoms with Gasteiger partial charge in [-0.3, -0.25) is 0 Å². The molecule has 0 unspecified atom stereocenters. The van der Waals surface area contributed by atoms with Crippen LogP contribution in [0, 0.1) is 0 Å². The third kappa shape index (κ3) is 2.36. The van der Waals surface area contributed by atoms with Crippen LogP contribution in [-0.2, 0) is 0 Å². The van der Waals surface area contributed by atoms with Crippen LogP contribution in [0.15, 0.2) is 17.4 Å². The van der Waals surface area contributed by atoms with Crippen molar-refractivity contribution in [2.75, 3.05) is 18.0 Å². The molecule has 3 N–H and O–H groups in total. The van der Waals surface area contributed by atoms with Crippen molar-refractivity contribution in [2.24, 2.45) is 10.9 Å². The molecule has 0 aliphatic rings. The van der Waals surface area contributed by atoms with Gasteiger partial charge in [0.05, 0.1) is 5.02 Å². The number of oxime groups is 1. The molecule has 1 aromatic heterocycles. The topological polar surface area (TPSA) is 74.7 Å². The summed E-state index contributed by atoms with van der Waals surface area (Å²) in [5, 5.41) is 12.0. The summed E-state index contributed by atoms with van der Waals surface area (Å²) in [6, 6.07) is 1.62. The SMILES string of the molecule is CCN(CC)c1nccc(/C(N)=N/O)c1Cl. The molecular formula is C10H15ClN4O. The van der Waals surface area contributed by atoms with Crippen LogP contribution in [-0.4, -0.2) is 29.1 Å². The van der Waals surface area contributed by atoms with Gasteiger partial charge in [0.25, 0.3) is 0 Å². The highest BCUT2D eigenvalue weighted by Gasteiger charge is 2.14. The molecule has 0 radical (unpaired) electrons. The van der Waals surface area contributed by atoms with E-state index in [2.05, 4.69) is 10.1 Å². The van der Waals surface area contributed by atoms with Crippen molar-refractivity contribution in [3.8, 4) is 0 Å². The minimum atomic E-state index is -0.0131. The predicted octanol–water partition coefficient (Wildman–Crippen LogP) is 1.68. The number of amidine groups is 1. The number of nitrogens with two attached hydrogens (primary N) is 1. The summed E-state index contributed by atoms with van der Waals surface area (Å²) in [4.78, 5) is 6.20. The third-order valence-corrected chi connectivity index (χ3v) is 2.69. The normalized spacial score (nSPS) is 11.6. The highest BCUT2D eigenvalue weighted by Crippen LogP contribution is 2.26. The first-order chi connectivity index (χ1) is 7.65. The van der Waals surface area contributed by atoms with Crippen LogP contribution >= 0.6 is 11.6 Å². The van der Waals surface area contributed by atoms with E-state index >= 15 is 0 Å². The van der Waals surface area contributed by atoms with Crippen LogP contribution in [0.3, 0.4) is 0 Å². The van der Waals surface area contributed by atoms with Gasteiger partial charge in [0, 0.05) is 24.8 Å². The van der Waals surface area contributed by atoms with Crippen LogP contribution in [0.4, 0.5) is 5.82 Å². The van der Waals surface area contributed by atoms with Crippen LogP contribution in [0.25, 0.3) is 0 Å². The minimum Gasteiger partial charge on any atom is -0.409 e. The van der Waals surface area contributed by atoms with Gasteiger partial charge in [0.1, 0.15) is 5.82 Å². The van der Waals surface area contributed by atoms with Crippen LogP contribution in [0.5, 0.6) is 0 Å². The van der Waals surface area contributed by atoms with E-state index in [4.69, 9.17) is 22.5 Å². The monoisotopic (exact) mass is 242 g/mol. The molecular weight excluding hydrogens is 228 g/mol. The Morgan fingerprint density at radius 1 is 1.56 bits per heavy atom. The Labute approximate surface area is 99.5 Å². The van der Waals surface area contributed by atoms with Gasteiger partial charge in [0.2, 0.25) is 0 Å². The average Bonchev–Trinajstić information content (AvgIpc) is 2.32. The zero-order chi connectivity index (χ0) is 12.1. The summed E-state index contributed by atoms with van der Waals surface area (Å²) in [5.41, 5.74) is 6.00. The number of nitrogens with zero attached hydrogens (tertiary/aromatic N) is 3. The molecule has 0 aliphatic carbocycles. The molecule has 0 saturated carbocycles. The Morgan fingerprint density at radius 3 is 2.69 bits per heavy atom. The summed E-state index contributed by atoms with van der Waals surface area (Å²) < 4.78 is 0. The molecule has 1 rings (SSSR count). The fourth-order valence-electron chi connectivity index (χ4n) is 1.43. The van der Waals surface area contributed by atoms with Gasteiger partial charge in [-0.2, -0.15) is 0 Å². The van der Waals surface area contributed by atoms with Gasteiger partial charge < -0.3 is 15.8 Å². The molecule has 16 heavy (non-hydrogen) atoms. The Balaban J connectivity index is 3.23. The Morgan fingerprint density at radius 2 is 2.19 bits per heavy atom. The molecule has 0 saturated heterocycles. The maximum Gasteiger partial charge on any atom is 0.171 e. The molecule has 0 bridgehead atoms. The Hall–Kier alpha value is -1.49. The summed E-state index contributed by atoms with van der Waals surface area (Å²) in [6.07, 6.45) is 1.59. The average molecular weight is 243 g/mol. The molecule has 0 spiro atoms. The summed E-state index contributed by atoms with van der Waals surface area (Å²) >= 11 is 6.16. The molecule has 1 aromatic rings. The lowest BCUT2D eigenvalue weighted by Gasteiger charge is -2.21. The predicted molar refractivity (Wildman–Crippen MR) is 65.3 cm³/mol. The first-order valence-electron chi connectivity index (χ1n) is 5.03. The van der Waals surface area contributed by atoms with Gasteiger partial charge >= 0.3 is 0 Å². The van der Waals surface area contributed by atoms with Crippen LogP contribution in [0.1, 0.15) is 19.4 Å². The van der Waals surface area contributed by atoms with Gasteiger partial charge in [-0.1, -0.05) is 16.8 Å². The molecule has 6 heteroatoms. The summed E-state index contributed by atoms with van der Waals surface area (Å²) in [7, 11) is 0. The number of hydrogen-bond acceptors (Lipinski definition) is 4. The molecule has 0 aliphatic heterocycles. The first kappa shape index (κ1) is 12.6. The quantitative estimate of drug-likeness (QED) is 0.365. The molecule has 5 nitrogen and oxygen atoms in total. The third-order valence-electron chi connectivity index (χ3n) is 2.32. The second kappa shape index (κ2) is 5.55. The molecule has 88 valence electrons. The van der Waals surface area contributed by atoms with E-state index in [1.54, 1.807) is 12.3 Å². The van der Waals surface area contributed by atoms with Gasteiger partial charge in [-0.05, 0) is 19.9 Å². The number of aromatic nitrogens is 1. The molecule has 0 atom stereocenters. The lowest BCUT2D eigenvalue weighted by molar-refractivity contribution is 0.318. The fourth-order valence-corrected chi connectivity index (χ4v) is 1.76. The zero-order valence-corrected chi connectivity index (χ0v) is 10.1. The number of hydrogen-bond donors (Lipinski definition) is 2. The molecule has 0 amide bonds. The smallest absolute Gasteiger partial charge is 0.171 e. The van der Waals surface area contributed by atoms with Crippen molar-refractivity contribution in [1.29, 1.82) is 0 Å². The number of halogens is 1. The number of pyridine rings is 1.